The zero-order chi connectivity index (χ0) is 29.5. The maximum absolute atomic E-state index is 13.4. The van der Waals surface area contributed by atoms with Gasteiger partial charge in [-0.2, -0.15) is 0 Å². The van der Waals surface area contributed by atoms with Crippen molar-refractivity contribution in [1.29, 1.82) is 0 Å². The van der Waals surface area contributed by atoms with Crippen LogP contribution in [-0.4, -0.2) is 58.1 Å². The molecule has 3 aromatic rings. The number of piperidine rings is 1. The van der Waals surface area contributed by atoms with Gasteiger partial charge in [0, 0.05) is 54.5 Å². The Hall–Kier alpha value is -3.37. The van der Waals surface area contributed by atoms with Crippen molar-refractivity contribution < 1.29 is 13.2 Å². The van der Waals surface area contributed by atoms with E-state index in [0.717, 1.165) is 41.9 Å². The molecule has 3 heterocycles. The highest BCUT2D eigenvalue weighted by atomic mass is 32.2. The number of likely N-dealkylation sites (tertiary alicyclic amines) is 1. The number of hydrogen-bond donors (Lipinski definition) is 3. The standard InChI is InChI=1S/C31H42N6O3S/c1-6-24-18-34-31(35-28-14-20(2)13-21(3)15-28)36-29(24)19-33-27-10-12-37(22(4)16-27)30(38)25-9-11-32-26(17-25)8-7-23(5)41(39)40/h9,11,13-15,17-18,22-23,27,33,41H,6-8,10,12,16,19H2,1-5H3,(H,34,35,36)/t22-,23?,27+/m1/s1. The Kier molecular flexibility index (Phi) is 10.4. The van der Waals surface area contributed by atoms with E-state index in [-0.39, 0.29) is 18.0 Å². The summed E-state index contributed by atoms with van der Waals surface area (Å²) in [5, 5.41) is 6.63. The molecule has 0 saturated carbocycles. The van der Waals surface area contributed by atoms with Crippen LogP contribution in [0.3, 0.4) is 0 Å². The SMILES string of the molecule is CCc1cnc(Nc2cc(C)cc(C)c2)nc1CN[C@H]1CCN(C(=O)c2ccnc(CCC(C)[SH](=O)=O)c2)[C@H](C)C1. The number of benzene rings is 1. The number of carbonyl (C=O) groups excluding carboxylic acids is 1. The molecule has 0 radical (unpaired) electrons. The molecule has 2 N–H and O–H groups in total. The molecular formula is C31H42N6O3S. The largest absolute Gasteiger partial charge is 0.336 e. The van der Waals surface area contributed by atoms with E-state index in [4.69, 9.17) is 4.98 Å². The summed E-state index contributed by atoms with van der Waals surface area (Å²) in [6, 6.07) is 10.2. The Balaban J connectivity index is 1.35. The van der Waals surface area contributed by atoms with Crippen molar-refractivity contribution in [3.8, 4) is 0 Å². The molecule has 1 aliphatic rings. The van der Waals surface area contributed by atoms with Crippen LogP contribution in [0.4, 0.5) is 11.6 Å². The third-order valence-corrected chi connectivity index (χ3v) is 8.73. The molecule has 0 aliphatic carbocycles. The number of nitrogens with zero attached hydrogens (tertiary/aromatic N) is 4. The zero-order valence-electron chi connectivity index (χ0n) is 24.7. The van der Waals surface area contributed by atoms with E-state index in [0.29, 0.717) is 37.4 Å². The van der Waals surface area contributed by atoms with Crippen LogP contribution in [0.25, 0.3) is 0 Å². The molecular weight excluding hydrogens is 536 g/mol. The van der Waals surface area contributed by atoms with Gasteiger partial charge >= 0.3 is 0 Å². The van der Waals surface area contributed by atoms with E-state index in [1.807, 2.05) is 11.1 Å². The molecule has 9 nitrogen and oxygen atoms in total. The topological polar surface area (TPSA) is 117 Å². The van der Waals surface area contributed by atoms with Gasteiger partial charge in [-0.1, -0.05) is 13.0 Å². The molecule has 3 atom stereocenters. The average Bonchev–Trinajstić information content (AvgIpc) is 2.94. The third-order valence-electron chi connectivity index (χ3n) is 7.75. The minimum Gasteiger partial charge on any atom is -0.336 e. The van der Waals surface area contributed by atoms with E-state index >= 15 is 0 Å². The van der Waals surface area contributed by atoms with E-state index in [1.54, 1.807) is 25.3 Å². The van der Waals surface area contributed by atoms with Gasteiger partial charge in [0.15, 0.2) is 0 Å². The number of aromatic nitrogens is 3. The zero-order valence-corrected chi connectivity index (χ0v) is 25.6. The fraction of sp³-hybridized carbons (Fsp3) is 0.484. The predicted molar refractivity (Wildman–Crippen MR) is 163 cm³/mol. The molecule has 1 fully saturated rings. The van der Waals surface area contributed by atoms with E-state index in [1.165, 1.54) is 11.1 Å². The van der Waals surface area contributed by atoms with Gasteiger partial charge in [-0.15, -0.1) is 0 Å². The molecule has 1 aromatic carbocycles. The number of hydrogen-bond acceptors (Lipinski definition) is 8. The number of anilines is 2. The minimum atomic E-state index is -2.45. The van der Waals surface area contributed by atoms with E-state index < -0.39 is 16.0 Å². The summed E-state index contributed by atoms with van der Waals surface area (Å²) in [5.41, 5.74) is 6.80. The highest BCUT2D eigenvalue weighted by Gasteiger charge is 2.29. The van der Waals surface area contributed by atoms with E-state index in [9.17, 15) is 13.2 Å². The Morgan fingerprint density at radius 2 is 1.90 bits per heavy atom. The first-order valence-electron chi connectivity index (χ1n) is 14.5. The van der Waals surface area contributed by atoms with Crippen molar-refractivity contribution in [2.45, 2.75) is 90.6 Å². The molecule has 41 heavy (non-hydrogen) atoms. The second-order valence-corrected chi connectivity index (χ2v) is 12.6. The fourth-order valence-electron chi connectivity index (χ4n) is 5.40. The van der Waals surface area contributed by atoms with Crippen molar-refractivity contribution in [3.63, 3.8) is 0 Å². The lowest BCUT2D eigenvalue weighted by Crippen LogP contribution is -2.49. The summed E-state index contributed by atoms with van der Waals surface area (Å²) in [5.74, 6) is 0.583. The number of aryl methyl sites for hydroxylation is 4. The van der Waals surface area contributed by atoms with Gasteiger partial charge in [-0.3, -0.25) is 9.78 Å². The molecule has 0 spiro atoms. The molecule has 4 rings (SSSR count). The summed E-state index contributed by atoms with van der Waals surface area (Å²) >= 11 is 0. The maximum atomic E-state index is 13.4. The van der Waals surface area contributed by atoms with Crippen molar-refractivity contribution in [2.24, 2.45) is 0 Å². The van der Waals surface area contributed by atoms with Crippen molar-refractivity contribution in [2.75, 3.05) is 11.9 Å². The lowest BCUT2D eigenvalue weighted by molar-refractivity contribution is 0.0601. The molecule has 1 unspecified atom stereocenters. The number of amides is 1. The van der Waals surface area contributed by atoms with Gasteiger partial charge < -0.3 is 15.5 Å². The number of pyridine rings is 1. The smallest absolute Gasteiger partial charge is 0.254 e. The Bertz CT molecular complexity index is 1410. The highest BCUT2D eigenvalue weighted by molar-refractivity contribution is 7.73. The quantitative estimate of drug-likeness (QED) is 0.285. The number of thiol groups is 1. The second-order valence-electron chi connectivity index (χ2n) is 11.2. The van der Waals surface area contributed by atoms with Crippen molar-refractivity contribution in [3.05, 3.63) is 76.4 Å². The lowest BCUT2D eigenvalue weighted by Gasteiger charge is -2.38. The molecule has 10 heteroatoms. The summed E-state index contributed by atoms with van der Waals surface area (Å²) in [4.78, 5) is 29.0. The van der Waals surface area contributed by atoms with Gasteiger partial charge in [0.05, 0.1) is 10.9 Å². The van der Waals surface area contributed by atoms with Crippen LogP contribution in [0.5, 0.6) is 0 Å². The van der Waals surface area contributed by atoms with Crippen LogP contribution in [-0.2, 0) is 30.1 Å². The van der Waals surface area contributed by atoms with Crippen molar-refractivity contribution in [1.82, 2.24) is 25.2 Å². The Morgan fingerprint density at radius 1 is 1.15 bits per heavy atom. The molecule has 220 valence electrons. The first-order chi connectivity index (χ1) is 19.6. The Morgan fingerprint density at radius 3 is 2.59 bits per heavy atom. The third kappa shape index (κ3) is 8.33. The maximum Gasteiger partial charge on any atom is 0.254 e. The molecule has 1 saturated heterocycles. The monoisotopic (exact) mass is 578 g/mol. The van der Waals surface area contributed by atoms with Crippen LogP contribution in [0.2, 0.25) is 0 Å². The predicted octanol–water partition coefficient (Wildman–Crippen LogP) is 4.51. The van der Waals surface area contributed by atoms with Crippen LogP contribution >= 0.6 is 0 Å². The summed E-state index contributed by atoms with van der Waals surface area (Å²) < 4.78 is 22.3. The first-order valence-corrected chi connectivity index (χ1v) is 15.7. The van der Waals surface area contributed by atoms with Gasteiger partial charge in [0.2, 0.25) is 5.95 Å². The first kappa shape index (κ1) is 30.6. The number of carbonyl (C=O) groups is 1. The van der Waals surface area contributed by atoms with Crippen LogP contribution in [0.1, 0.15) is 78.5 Å². The molecule has 1 amide bonds. The molecule has 1 aliphatic heterocycles. The summed E-state index contributed by atoms with van der Waals surface area (Å²) in [6.45, 7) is 11.3. The van der Waals surface area contributed by atoms with E-state index in [2.05, 4.69) is 66.5 Å². The summed E-state index contributed by atoms with van der Waals surface area (Å²) in [6.07, 6.45) is 7.11. The highest BCUT2D eigenvalue weighted by Crippen LogP contribution is 2.22. The van der Waals surface area contributed by atoms with Gasteiger partial charge in [0.25, 0.3) is 5.91 Å². The van der Waals surface area contributed by atoms with Gasteiger partial charge in [0.1, 0.15) is 10.7 Å². The lowest BCUT2D eigenvalue weighted by atomic mass is 9.97. The fourth-order valence-corrected chi connectivity index (χ4v) is 5.74. The van der Waals surface area contributed by atoms with Gasteiger partial charge in [-0.25, -0.2) is 18.4 Å². The number of nitrogens with one attached hydrogen (secondary N) is 2. The Labute approximate surface area is 245 Å². The van der Waals surface area contributed by atoms with Crippen LogP contribution in [0.15, 0.2) is 42.7 Å². The summed E-state index contributed by atoms with van der Waals surface area (Å²) in [7, 11) is -2.45. The molecule has 0 bridgehead atoms. The van der Waals surface area contributed by atoms with Crippen molar-refractivity contribution >= 4 is 28.2 Å². The average molecular weight is 579 g/mol. The second kappa shape index (κ2) is 14.0. The van der Waals surface area contributed by atoms with Crippen LogP contribution < -0.4 is 10.6 Å². The molecule has 2 aromatic heterocycles. The number of rotatable bonds is 11. The minimum absolute atomic E-state index is 0.00581. The van der Waals surface area contributed by atoms with Crippen LogP contribution in [0, 0.1) is 13.8 Å². The normalized spacial score (nSPS) is 18.0. The van der Waals surface area contributed by atoms with Gasteiger partial charge in [-0.05, 0) is 101 Å².